The van der Waals surface area contributed by atoms with Crippen LogP contribution in [0.2, 0.25) is 0 Å². The van der Waals surface area contributed by atoms with E-state index in [-0.39, 0.29) is 11.7 Å². The molecule has 0 saturated carbocycles. The number of benzene rings is 1. The van der Waals surface area contributed by atoms with Crippen molar-refractivity contribution >= 4 is 11.6 Å². The fourth-order valence-electron chi connectivity index (χ4n) is 2.81. The van der Waals surface area contributed by atoms with Crippen LogP contribution in [0.5, 0.6) is 0 Å². The van der Waals surface area contributed by atoms with Gasteiger partial charge >= 0.3 is 0 Å². The van der Waals surface area contributed by atoms with E-state index in [9.17, 15) is 9.18 Å². The predicted octanol–water partition coefficient (Wildman–Crippen LogP) is 3.70. The van der Waals surface area contributed by atoms with Crippen molar-refractivity contribution in [2.24, 2.45) is 5.92 Å². The van der Waals surface area contributed by atoms with Gasteiger partial charge < -0.3 is 10.2 Å². The van der Waals surface area contributed by atoms with Crippen LogP contribution in [-0.2, 0) is 6.54 Å². The molecular formula is C19H22FN3O. The molecule has 5 heteroatoms. The maximum atomic E-state index is 12.9. The molecule has 3 rings (SSSR count). The number of carbonyl (C=O) groups is 1. The van der Waals surface area contributed by atoms with Gasteiger partial charge in [-0.2, -0.15) is 0 Å². The third-order valence-electron chi connectivity index (χ3n) is 4.46. The number of nitrogens with one attached hydrogen (secondary N) is 1. The van der Waals surface area contributed by atoms with Crippen molar-refractivity contribution in [3.8, 4) is 0 Å². The summed E-state index contributed by atoms with van der Waals surface area (Å²) in [6.07, 6.45) is 3.79. The summed E-state index contributed by atoms with van der Waals surface area (Å²) in [7, 11) is 0. The first-order valence-electron chi connectivity index (χ1n) is 8.35. The van der Waals surface area contributed by atoms with Crippen molar-refractivity contribution in [2.45, 2.75) is 26.3 Å². The van der Waals surface area contributed by atoms with Crippen LogP contribution < -0.4 is 5.32 Å². The summed E-state index contributed by atoms with van der Waals surface area (Å²) in [5.41, 5.74) is 2.30. The SMILES string of the molecule is CC1CCN(C(=O)c2ccc(NCc3ccc(F)cc3)cn2)CC1. The number of nitrogens with zero attached hydrogens (tertiary/aromatic N) is 2. The third-order valence-corrected chi connectivity index (χ3v) is 4.46. The molecule has 1 N–H and O–H groups in total. The number of rotatable bonds is 4. The van der Waals surface area contributed by atoms with E-state index in [2.05, 4.69) is 17.2 Å². The Hall–Kier alpha value is -2.43. The van der Waals surface area contributed by atoms with Crippen LogP contribution in [0.1, 0.15) is 35.8 Å². The van der Waals surface area contributed by atoms with Crippen LogP contribution in [-0.4, -0.2) is 28.9 Å². The summed E-state index contributed by atoms with van der Waals surface area (Å²) in [5, 5.41) is 3.22. The largest absolute Gasteiger partial charge is 0.380 e. The standard InChI is InChI=1S/C19H22FN3O/c1-14-8-10-23(11-9-14)19(24)18-7-6-17(13-22-18)21-12-15-2-4-16(20)5-3-15/h2-7,13-14,21H,8-12H2,1H3. The van der Waals surface area contributed by atoms with Gasteiger partial charge in [0.15, 0.2) is 0 Å². The van der Waals surface area contributed by atoms with Crippen molar-refractivity contribution in [1.82, 2.24) is 9.88 Å². The molecule has 1 aromatic heterocycles. The van der Waals surface area contributed by atoms with Crippen molar-refractivity contribution in [1.29, 1.82) is 0 Å². The van der Waals surface area contributed by atoms with Gasteiger partial charge in [0.25, 0.3) is 5.91 Å². The zero-order valence-electron chi connectivity index (χ0n) is 13.8. The fourth-order valence-corrected chi connectivity index (χ4v) is 2.81. The normalized spacial score (nSPS) is 15.3. The number of aromatic nitrogens is 1. The molecular weight excluding hydrogens is 305 g/mol. The second kappa shape index (κ2) is 7.43. The Bertz CT molecular complexity index is 677. The van der Waals surface area contributed by atoms with E-state index in [0.717, 1.165) is 37.2 Å². The Kier molecular flexibility index (Phi) is 5.08. The Morgan fingerprint density at radius 1 is 1.21 bits per heavy atom. The summed E-state index contributed by atoms with van der Waals surface area (Å²) in [5.74, 6) is 0.461. The highest BCUT2D eigenvalue weighted by Gasteiger charge is 2.22. The summed E-state index contributed by atoms with van der Waals surface area (Å²) in [4.78, 5) is 18.6. The van der Waals surface area contributed by atoms with Gasteiger partial charge in [-0.1, -0.05) is 19.1 Å². The molecule has 0 atom stereocenters. The van der Waals surface area contributed by atoms with Gasteiger partial charge in [-0.3, -0.25) is 4.79 Å². The van der Waals surface area contributed by atoms with Crippen LogP contribution in [0.15, 0.2) is 42.6 Å². The zero-order valence-corrected chi connectivity index (χ0v) is 13.8. The summed E-state index contributed by atoms with van der Waals surface area (Å²) in [6.45, 7) is 4.43. The Morgan fingerprint density at radius 3 is 2.54 bits per heavy atom. The molecule has 1 amide bonds. The summed E-state index contributed by atoms with van der Waals surface area (Å²) >= 11 is 0. The number of piperidine rings is 1. The highest BCUT2D eigenvalue weighted by atomic mass is 19.1. The molecule has 1 fully saturated rings. The molecule has 1 aliphatic heterocycles. The van der Waals surface area contributed by atoms with E-state index in [0.29, 0.717) is 18.2 Å². The predicted molar refractivity (Wildman–Crippen MR) is 92.3 cm³/mol. The van der Waals surface area contributed by atoms with E-state index in [1.54, 1.807) is 24.4 Å². The van der Waals surface area contributed by atoms with Crippen molar-refractivity contribution < 1.29 is 9.18 Å². The van der Waals surface area contributed by atoms with Crippen molar-refractivity contribution in [3.05, 3.63) is 59.7 Å². The lowest BCUT2D eigenvalue weighted by Crippen LogP contribution is -2.38. The van der Waals surface area contributed by atoms with Gasteiger partial charge in [0.2, 0.25) is 0 Å². The van der Waals surface area contributed by atoms with Gasteiger partial charge in [0.1, 0.15) is 11.5 Å². The molecule has 126 valence electrons. The Labute approximate surface area is 141 Å². The van der Waals surface area contributed by atoms with E-state index in [4.69, 9.17) is 0 Å². The lowest BCUT2D eigenvalue weighted by Gasteiger charge is -2.30. The number of pyridine rings is 1. The molecule has 0 unspecified atom stereocenters. The van der Waals surface area contributed by atoms with Gasteiger partial charge in [-0.25, -0.2) is 9.37 Å². The maximum absolute atomic E-state index is 12.9. The number of anilines is 1. The Balaban J connectivity index is 1.56. The average molecular weight is 327 g/mol. The number of halogens is 1. The topological polar surface area (TPSA) is 45.2 Å². The lowest BCUT2D eigenvalue weighted by molar-refractivity contribution is 0.0691. The van der Waals surface area contributed by atoms with Crippen LogP contribution in [0.3, 0.4) is 0 Å². The first kappa shape index (κ1) is 16.4. The minimum atomic E-state index is -0.240. The molecule has 24 heavy (non-hydrogen) atoms. The molecule has 0 bridgehead atoms. The van der Waals surface area contributed by atoms with Crippen LogP contribution in [0, 0.1) is 11.7 Å². The maximum Gasteiger partial charge on any atom is 0.272 e. The van der Waals surface area contributed by atoms with Crippen LogP contribution in [0.25, 0.3) is 0 Å². The number of hydrogen-bond acceptors (Lipinski definition) is 3. The summed E-state index contributed by atoms with van der Waals surface area (Å²) in [6, 6.07) is 9.98. The number of likely N-dealkylation sites (tertiary alicyclic amines) is 1. The molecule has 0 radical (unpaired) electrons. The van der Waals surface area contributed by atoms with Gasteiger partial charge in [0, 0.05) is 19.6 Å². The highest BCUT2D eigenvalue weighted by molar-refractivity contribution is 5.92. The second-order valence-corrected chi connectivity index (χ2v) is 6.39. The average Bonchev–Trinajstić information content (AvgIpc) is 2.62. The molecule has 1 aromatic carbocycles. The van der Waals surface area contributed by atoms with Gasteiger partial charge in [-0.05, 0) is 48.6 Å². The first-order chi connectivity index (χ1) is 11.6. The number of amides is 1. The minimum absolute atomic E-state index is 0.00647. The number of carbonyl (C=O) groups excluding carboxylic acids is 1. The Morgan fingerprint density at radius 2 is 1.92 bits per heavy atom. The van der Waals surface area contributed by atoms with Gasteiger partial charge in [0.05, 0.1) is 11.9 Å². The van der Waals surface area contributed by atoms with Crippen LogP contribution >= 0.6 is 0 Å². The second-order valence-electron chi connectivity index (χ2n) is 6.39. The van der Waals surface area contributed by atoms with E-state index >= 15 is 0 Å². The summed E-state index contributed by atoms with van der Waals surface area (Å²) < 4.78 is 12.9. The van der Waals surface area contributed by atoms with E-state index < -0.39 is 0 Å². The third kappa shape index (κ3) is 4.10. The fraction of sp³-hybridized carbons (Fsp3) is 0.368. The van der Waals surface area contributed by atoms with E-state index in [1.807, 2.05) is 11.0 Å². The lowest BCUT2D eigenvalue weighted by atomic mass is 9.99. The highest BCUT2D eigenvalue weighted by Crippen LogP contribution is 2.18. The van der Waals surface area contributed by atoms with Crippen LogP contribution in [0.4, 0.5) is 10.1 Å². The van der Waals surface area contributed by atoms with Gasteiger partial charge in [-0.15, -0.1) is 0 Å². The quantitative estimate of drug-likeness (QED) is 0.931. The monoisotopic (exact) mass is 327 g/mol. The molecule has 1 saturated heterocycles. The molecule has 2 heterocycles. The van der Waals surface area contributed by atoms with Crippen molar-refractivity contribution in [3.63, 3.8) is 0 Å². The zero-order chi connectivity index (χ0) is 16.9. The van der Waals surface area contributed by atoms with Crippen molar-refractivity contribution in [2.75, 3.05) is 18.4 Å². The molecule has 4 nitrogen and oxygen atoms in total. The molecule has 0 aliphatic carbocycles. The smallest absolute Gasteiger partial charge is 0.272 e. The first-order valence-corrected chi connectivity index (χ1v) is 8.35. The molecule has 0 spiro atoms. The van der Waals surface area contributed by atoms with E-state index in [1.165, 1.54) is 12.1 Å². The minimum Gasteiger partial charge on any atom is -0.380 e. The molecule has 2 aromatic rings. The number of hydrogen-bond donors (Lipinski definition) is 1. The molecule has 1 aliphatic rings.